The van der Waals surface area contributed by atoms with Gasteiger partial charge in [-0.1, -0.05) is 23.7 Å². The molecule has 4 heteroatoms. The highest BCUT2D eigenvalue weighted by atomic mass is 35.5. The Kier molecular flexibility index (Phi) is 4.18. The molecular formula is C11H11ClO3. The summed E-state index contributed by atoms with van der Waals surface area (Å²) in [5.41, 5.74) is 0.252. The molecular weight excluding hydrogens is 216 g/mol. The van der Waals surface area contributed by atoms with Crippen molar-refractivity contribution in [3.63, 3.8) is 0 Å². The van der Waals surface area contributed by atoms with Gasteiger partial charge in [0.05, 0.1) is 5.02 Å². The molecule has 0 bridgehead atoms. The van der Waals surface area contributed by atoms with E-state index >= 15 is 0 Å². The van der Waals surface area contributed by atoms with Gasteiger partial charge in [0.1, 0.15) is 12.4 Å². The third kappa shape index (κ3) is 3.64. The number of rotatable bonds is 4. The smallest absolute Gasteiger partial charge is 0.331 e. The van der Waals surface area contributed by atoms with Gasteiger partial charge in [-0.25, -0.2) is 4.79 Å². The normalized spacial score (nSPS) is 11.2. The number of carboxylic acid groups (broad SMARTS) is 1. The maximum Gasteiger partial charge on any atom is 0.331 e. The molecule has 1 rings (SSSR count). The average molecular weight is 227 g/mol. The van der Waals surface area contributed by atoms with Crippen LogP contribution in [0.2, 0.25) is 5.02 Å². The summed E-state index contributed by atoms with van der Waals surface area (Å²) in [7, 11) is 0. The van der Waals surface area contributed by atoms with Crippen molar-refractivity contribution < 1.29 is 14.6 Å². The van der Waals surface area contributed by atoms with E-state index < -0.39 is 5.97 Å². The molecule has 0 saturated carbocycles. The number of halogens is 1. The zero-order valence-corrected chi connectivity index (χ0v) is 8.99. The second kappa shape index (κ2) is 5.41. The molecule has 0 amide bonds. The minimum Gasteiger partial charge on any atom is -0.488 e. The van der Waals surface area contributed by atoms with Crippen molar-refractivity contribution in [3.8, 4) is 5.75 Å². The molecule has 0 saturated heterocycles. The van der Waals surface area contributed by atoms with Crippen LogP contribution in [-0.4, -0.2) is 17.7 Å². The molecule has 0 atom stereocenters. The van der Waals surface area contributed by atoms with Crippen LogP contribution in [0.4, 0.5) is 0 Å². The van der Waals surface area contributed by atoms with Crippen LogP contribution in [0.15, 0.2) is 35.9 Å². The van der Waals surface area contributed by atoms with Gasteiger partial charge in [0.2, 0.25) is 0 Å². The van der Waals surface area contributed by atoms with Gasteiger partial charge < -0.3 is 9.84 Å². The summed E-state index contributed by atoms with van der Waals surface area (Å²) in [6.07, 6.45) is 1.49. The first kappa shape index (κ1) is 11.6. The Hall–Kier alpha value is -1.48. The number of ether oxygens (including phenoxy) is 1. The predicted octanol–water partition coefficient (Wildman–Crippen LogP) is 2.75. The highest BCUT2D eigenvalue weighted by molar-refractivity contribution is 6.32. The van der Waals surface area contributed by atoms with Crippen molar-refractivity contribution in [3.05, 3.63) is 40.9 Å². The van der Waals surface area contributed by atoms with Crippen LogP contribution in [0.5, 0.6) is 5.75 Å². The molecule has 1 N–H and O–H groups in total. The number of para-hydroxylation sites is 1. The number of carboxylic acids is 1. The van der Waals surface area contributed by atoms with Crippen LogP contribution in [-0.2, 0) is 4.79 Å². The SMILES string of the molecule is CC(=CCOc1ccccc1Cl)C(=O)O. The standard InChI is InChI=1S/C11H11ClO3/c1-8(11(13)14)6-7-15-10-5-3-2-4-9(10)12/h2-6H,7H2,1H3,(H,13,14). The Bertz CT molecular complexity index is 385. The topological polar surface area (TPSA) is 46.5 Å². The lowest BCUT2D eigenvalue weighted by Gasteiger charge is -2.04. The molecule has 0 unspecified atom stereocenters. The van der Waals surface area contributed by atoms with Crippen molar-refractivity contribution >= 4 is 17.6 Å². The molecule has 80 valence electrons. The van der Waals surface area contributed by atoms with Gasteiger partial charge in [-0.05, 0) is 25.1 Å². The highest BCUT2D eigenvalue weighted by Crippen LogP contribution is 2.22. The van der Waals surface area contributed by atoms with Gasteiger partial charge in [-0.15, -0.1) is 0 Å². The quantitative estimate of drug-likeness (QED) is 0.803. The lowest BCUT2D eigenvalue weighted by atomic mass is 10.3. The van der Waals surface area contributed by atoms with E-state index in [0.717, 1.165) is 0 Å². The van der Waals surface area contributed by atoms with Crippen LogP contribution >= 0.6 is 11.6 Å². The van der Waals surface area contributed by atoms with Crippen LogP contribution in [0.25, 0.3) is 0 Å². The molecule has 0 spiro atoms. The summed E-state index contributed by atoms with van der Waals surface area (Å²) in [4.78, 5) is 10.5. The number of carbonyl (C=O) groups is 1. The minimum atomic E-state index is -0.947. The number of aliphatic carboxylic acids is 1. The zero-order valence-electron chi connectivity index (χ0n) is 8.24. The fourth-order valence-corrected chi connectivity index (χ4v) is 1.10. The molecule has 0 aliphatic carbocycles. The van der Waals surface area contributed by atoms with E-state index in [9.17, 15) is 4.79 Å². The molecule has 0 aromatic heterocycles. The molecule has 0 aliphatic rings. The van der Waals surface area contributed by atoms with Crippen LogP contribution in [0.1, 0.15) is 6.92 Å². The first-order valence-corrected chi connectivity index (χ1v) is 4.76. The lowest BCUT2D eigenvalue weighted by Crippen LogP contribution is -2.00. The fourth-order valence-electron chi connectivity index (χ4n) is 0.906. The zero-order chi connectivity index (χ0) is 11.3. The average Bonchev–Trinajstić information content (AvgIpc) is 2.20. The van der Waals surface area contributed by atoms with Gasteiger partial charge in [-0.3, -0.25) is 0 Å². The molecule has 15 heavy (non-hydrogen) atoms. The molecule has 1 aromatic carbocycles. The van der Waals surface area contributed by atoms with E-state index in [4.69, 9.17) is 21.4 Å². The van der Waals surface area contributed by atoms with Gasteiger partial charge in [0.25, 0.3) is 0 Å². The predicted molar refractivity (Wildman–Crippen MR) is 58.3 cm³/mol. The van der Waals surface area contributed by atoms with Gasteiger partial charge in [0, 0.05) is 5.57 Å². The Morgan fingerprint density at radius 3 is 2.80 bits per heavy atom. The van der Waals surface area contributed by atoms with Crippen molar-refractivity contribution in [2.45, 2.75) is 6.92 Å². The second-order valence-corrected chi connectivity index (χ2v) is 3.34. The summed E-state index contributed by atoms with van der Waals surface area (Å²) >= 11 is 5.84. The number of hydrogen-bond acceptors (Lipinski definition) is 2. The maximum atomic E-state index is 10.5. The summed E-state index contributed by atoms with van der Waals surface area (Å²) in [5, 5.41) is 9.10. The van der Waals surface area contributed by atoms with Crippen LogP contribution < -0.4 is 4.74 Å². The van der Waals surface area contributed by atoms with E-state index in [-0.39, 0.29) is 12.2 Å². The minimum absolute atomic E-state index is 0.196. The van der Waals surface area contributed by atoms with Crippen molar-refractivity contribution in [2.75, 3.05) is 6.61 Å². The Morgan fingerprint density at radius 2 is 2.20 bits per heavy atom. The fraction of sp³-hybridized carbons (Fsp3) is 0.182. The van der Waals surface area contributed by atoms with Crippen molar-refractivity contribution in [2.24, 2.45) is 0 Å². The van der Waals surface area contributed by atoms with Gasteiger partial charge in [0.15, 0.2) is 0 Å². The van der Waals surface area contributed by atoms with Crippen LogP contribution in [0.3, 0.4) is 0 Å². The number of hydrogen-bond donors (Lipinski definition) is 1. The van der Waals surface area contributed by atoms with Crippen molar-refractivity contribution in [1.82, 2.24) is 0 Å². The third-order valence-corrected chi connectivity index (χ3v) is 2.11. The van der Waals surface area contributed by atoms with E-state index in [1.807, 2.05) is 0 Å². The third-order valence-electron chi connectivity index (χ3n) is 1.80. The lowest BCUT2D eigenvalue weighted by molar-refractivity contribution is -0.132. The van der Waals surface area contributed by atoms with E-state index in [1.54, 1.807) is 24.3 Å². The number of benzene rings is 1. The molecule has 0 heterocycles. The molecule has 3 nitrogen and oxygen atoms in total. The molecule has 0 aliphatic heterocycles. The van der Waals surface area contributed by atoms with Crippen LogP contribution in [0, 0.1) is 0 Å². The summed E-state index contributed by atoms with van der Waals surface area (Å²) in [5.74, 6) is -0.397. The van der Waals surface area contributed by atoms with Crippen molar-refractivity contribution in [1.29, 1.82) is 0 Å². The van der Waals surface area contributed by atoms with Gasteiger partial charge in [-0.2, -0.15) is 0 Å². The highest BCUT2D eigenvalue weighted by Gasteiger charge is 2.00. The van der Waals surface area contributed by atoms with E-state index in [2.05, 4.69) is 0 Å². The first-order chi connectivity index (χ1) is 7.11. The van der Waals surface area contributed by atoms with E-state index in [0.29, 0.717) is 10.8 Å². The maximum absolute atomic E-state index is 10.5. The largest absolute Gasteiger partial charge is 0.488 e. The Labute approximate surface area is 92.9 Å². The Balaban J connectivity index is 2.55. The second-order valence-electron chi connectivity index (χ2n) is 2.93. The summed E-state index contributed by atoms with van der Waals surface area (Å²) in [6.45, 7) is 1.71. The molecule has 0 radical (unpaired) electrons. The Morgan fingerprint density at radius 1 is 1.53 bits per heavy atom. The monoisotopic (exact) mass is 226 g/mol. The van der Waals surface area contributed by atoms with E-state index in [1.165, 1.54) is 13.0 Å². The molecule has 1 aromatic rings. The summed E-state index contributed by atoms with van der Waals surface area (Å²) < 4.78 is 5.29. The van der Waals surface area contributed by atoms with Gasteiger partial charge >= 0.3 is 5.97 Å². The summed E-state index contributed by atoms with van der Waals surface area (Å²) in [6, 6.07) is 7.04. The molecule has 0 fully saturated rings. The first-order valence-electron chi connectivity index (χ1n) is 4.38.